The fourth-order valence-electron chi connectivity index (χ4n) is 3.62. The summed E-state index contributed by atoms with van der Waals surface area (Å²) in [6, 6.07) is 0. The smallest absolute Gasteiger partial charge is 0.314 e. The van der Waals surface area contributed by atoms with Crippen LogP contribution in [0.1, 0.15) is 26.7 Å². The predicted octanol–water partition coefficient (Wildman–Crippen LogP) is -0.817. The highest BCUT2D eigenvalue weighted by molar-refractivity contribution is 7.89. The first-order valence-corrected chi connectivity index (χ1v) is 9.42. The molecule has 2 saturated heterocycles. The number of amides is 1. The van der Waals surface area contributed by atoms with Crippen molar-refractivity contribution in [1.82, 2.24) is 9.21 Å². The quantitative estimate of drug-likeness (QED) is 0.666. The normalized spacial score (nSPS) is 28.3. The van der Waals surface area contributed by atoms with Crippen LogP contribution in [0.25, 0.3) is 0 Å². The van der Waals surface area contributed by atoms with Crippen LogP contribution in [0.15, 0.2) is 0 Å². The lowest BCUT2D eigenvalue weighted by Crippen LogP contribution is -2.57. The Morgan fingerprint density at radius 2 is 1.91 bits per heavy atom. The van der Waals surface area contributed by atoms with Gasteiger partial charge in [-0.2, -0.15) is 0 Å². The van der Waals surface area contributed by atoms with Crippen molar-refractivity contribution in [3.05, 3.63) is 0 Å². The number of hydrogen-bond donors (Lipinski definition) is 1. The second-order valence-corrected chi connectivity index (χ2v) is 8.23. The zero-order valence-electron chi connectivity index (χ0n) is 13.7. The number of hydrogen-bond acceptors (Lipinski definition) is 6. The number of likely N-dealkylation sites (tertiary alicyclic amines) is 1. The molecule has 2 fully saturated rings. The van der Waals surface area contributed by atoms with Gasteiger partial charge in [0, 0.05) is 20.1 Å². The Morgan fingerprint density at radius 3 is 2.39 bits per heavy atom. The van der Waals surface area contributed by atoms with Crippen molar-refractivity contribution in [2.24, 2.45) is 5.92 Å². The molecule has 0 aromatic heterocycles. The lowest BCUT2D eigenvalue weighted by molar-refractivity contribution is -0.155. The SMILES string of the molecule is CCOC(=O)[C@H]1[C@@H](O)C(=O)N(C)C12CCN(S(=O)(=O)CC)CC2. The third-order valence-electron chi connectivity index (χ3n) is 5.03. The van der Waals surface area contributed by atoms with Crippen molar-refractivity contribution in [1.29, 1.82) is 0 Å². The molecule has 8 nitrogen and oxygen atoms in total. The topological polar surface area (TPSA) is 104 Å². The van der Waals surface area contributed by atoms with Gasteiger partial charge in [-0.3, -0.25) is 9.59 Å². The molecule has 0 saturated carbocycles. The fraction of sp³-hybridized carbons (Fsp3) is 0.857. The van der Waals surface area contributed by atoms with E-state index in [9.17, 15) is 23.1 Å². The highest BCUT2D eigenvalue weighted by Gasteiger charge is 2.61. The second-order valence-electron chi connectivity index (χ2n) is 5.97. The van der Waals surface area contributed by atoms with E-state index in [1.807, 2.05) is 0 Å². The summed E-state index contributed by atoms with van der Waals surface area (Å²) in [6.45, 7) is 3.84. The van der Waals surface area contributed by atoms with Crippen LogP contribution in [-0.4, -0.2) is 78.7 Å². The molecule has 2 heterocycles. The molecule has 2 aliphatic rings. The van der Waals surface area contributed by atoms with Crippen molar-refractivity contribution < 1.29 is 27.9 Å². The Kier molecular flexibility index (Phi) is 5.03. The molecular formula is C14H24N2O6S. The van der Waals surface area contributed by atoms with Crippen LogP contribution < -0.4 is 0 Å². The first-order valence-electron chi connectivity index (χ1n) is 7.81. The van der Waals surface area contributed by atoms with Crippen molar-refractivity contribution in [3.63, 3.8) is 0 Å². The monoisotopic (exact) mass is 348 g/mol. The molecule has 0 radical (unpaired) electrons. The van der Waals surface area contributed by atoms with Crippen LogP contribution >= 0.6 is 0 Å². The standard InChI is InChI=1S/C14H24N2O6S/c1-4-22-13(19)10-11(17)12(18)15(3)14(10)6-8-16(9-7-14)23(20,21)5-2/h10-11,17H,4-9H2,1-3H3/t10-,11-/m1/s1. The molecule has 1 amide bonds. The first kappa shape index (κ1) is 18.2. The van der Waals surface area contributed by atoms with Crippen LogP contribution in [0.5, 0.6) is 0 Å². The highest BCUT2D eigenvalue weighted by atomic mass is 32.2. The summed E-state index contributed by atoms with van der Waals surface area (Å²) >= 11 is 0. The third kappa shape index (κ3) is 2.85. The molecule has 0 aliphatic carbocycles. The van der Waals surface area contributed by atoms with Gasteiger partial charge in [0.2, 0.25) is 10.0 Å². The van der Waals surface area contributed by atoms with Gasteiger partial charge in [0.1, 0.15) is 12.0 Å². The van der Waals surface area contributed by atoms with Crippen molar-refractivity contribution in [3.8, 4) is 0 Å². The van der Waals surface area contributed by atoms with Gasteiger partial charge in [0.15, 0.2) is 0 Å². The Hall–Kier alpha value is -1.19. The summed E-state index contributed by atoms with van der Waals surface area (Å²) in [4.78, 5) is 25.8. The predicted molar refractivity (Wildman–Crippen MR) is 81.9 cm³/mol. The molecule has 1 N–H and O–H groups in total. The number of aliphatic hydroxyl groups excluding tert-OH is 1. The molecule has 0 aromatic carbocycles. The van der Waals surface area contributed by atoms with E-state index >= 15 is 0 Å². The van der Waals surface area contributed by atoms with Crippen molar-refractivity contribution in [2.45, 2.75) is 38.3 Å². The molecule has 2 aliphatic heterocycles. The number of piperidine rings is 1. The molecule has 2 atom stereocenters. The molecule has 9 heteroatoms. The number of ether oxygens (including phenoxy) is 1. The van der Waals surface area contributed by atoms with Gasteiger partial charge < -0.3 is 14.7 Å². The highest BCUT2D eigenvalue weighted by Crippen LogP contribution is 2.43. The van der Waals surface area contributed by atoms with E-state index in [0.29, 0.717) is 12.8 Å². The van der Waals surface area contributed by atoms with Gasteiger partial charge >= 0.3 is 5.97 Å². The van der Waals surface area contributed by atoms with Crippen LogP contribution in [0, 0.1) is 5.92 Å². The zero-order valence-corrected chi connectivity index (χ0v) is 14.5. The molecule has 0 bridgehead atoms. The van der Waals surface area contributed by atoms with E-state index in [1.165, 1.54) is 9.21 Å². The van der Waals surface area contributed by atoms with Gasteiger partial charge in [0.05, 0.1) is 17.9 Å². The van der Waals surface area contributed by atoms with E-state index in [1.54, 1.807) is 20.9 Å². The van der Waals surface area contributed by atoms with Gasteiger partial charge in [-0.15, -0.1) is 0 Å². The minimum atomic E-state index is -3.31. The lowest BCUT2D eigenvalue weighted by atomic mass is 9.76. The zero-order chi connectivity index (χ0) is 17.4. The summed E-state index contributed by atoms with van der Waals surface area (Å²) in [5, 5.41) is 10.2. The van der Waals surface area contributed by atoms with E-state index in [4.69, 9.17) is 4.74 Å². The minimum Gasteiger partial charge on any atom is -0.466 e. The summed E-state index contributed by atoms with van der Waals surface area (Å²) in [5.41, 5.74) is -0.886. The number of carbonyl (C=O) groups excluding carboxylic acids is 2. The maximum atomic E-state index is 12.3. The number of sulfonamides is 1. The molecule has 2 rings (SSSR count). The van der Waals surface area contributed by atoms with Gasteiger partial charge in [0.25, 0.3) is 5.91 Å². The number of esters is 1. The number of nitrogens with zero attached hydrogens (tertiary/aromatic N) is 2. The Labute approximate surface area is 136 Å². The Balaban J connectivity index is 2.28. The van der Waals surface area contributed by atoms with Gasteiger partial charge in [-0.05, 0) is 26.7 Å². The average molecular weight is 348 g/mol. The summed E-state index contributed by atoms with van der Waals surface area (Å²) in [5.74, 6) is -2.09. The first-order chi connectivity index (χ1) is 10.7. The van der Waals surface area contributed by atoms with Crippen LogP contribution in [-0.2, 0) is 24.3 Å². The number of aliphatic hydroxyl groups is 1. The second kappa shape index (κ2) is 6.37. The van der Waals surface area contributed by atoms with E-state index in [0.717, 1.165) is 0 Å². The Bertz CT molecular complexity index is 582. The van der Waals surface area contributed by atoms with Crippen molar-refractivity contribution in [2.75, 3.05) is 32.5 Å². The molecule has 0 aromatic rings. The molecule has 0 unspecified atom stereocenters. The van der Waals surface area contributed by atoms with E-state index in [-0.39, 0.29) is 25.4 Å². The number of carbonyl (C=O) groups is 2. The molecule has 132 valence electrons. The van der Waals surface area contributed by atoms with E-state index < -0.39 is 39.5 Å². The average Bonchev–Trinajstić information content (AvgIpc) is 2.70. The Morgan fingerprint density at radius 1 is 1.35 bits per heavy atom. The number of likely N-dealkylation sites (N-methyl/N-ethyl adjacent to an activating group) is 1. The molecule has 23 heavy (non-hydrogen) atoms. The largest absolute Gasteiger partial charge is 0.466 e. The van der Waals surface area contributed by atoms with Crippen LogP contribution in [0.3, 0.4) is 0 Å². The van der Waals surface area contributed by atoms with Gasteiger partial charge in [-0.1, -0.05) is 0 Å². The van der Waals surface area contributed by atoms with Crippen LogP contribution in [0.2, 0.25) is 0 Å². The summed E-state index contributed by atoms with van der Waals surface area (Å²) in [6.07, 6.45) is -0.835. The third-order valence-corrected chi connectivity index (χ3v) is 6.91. The van der Waals surface area contributed by atoms with Gasteiger partial charge in [-0.25, -0.2) is 12.7 Å². The lowest BCUT2D eigenvalue weighted by Gasteiger charge is -2.45. The molecular weight excluding hydrogens is 324 g/mol. The maximum absolute atomic E-state index is 12.3. The van der Waals surface area contributed by atoms with Crippen LogP contribution in [0.4, 0.5) is 0 Å². The fourth-order valence-corrected chi connectivity index (χ4v) is 4.73. The maximum Gasteiger partial charge on any atom is 0.314 e. The molecule has 1 spiro atoms. The van der Waals surface area contributed by atoms with E-state index in [2.05, 4.69) is 0 Å². The number of rotatable bonds is 4. The summed E-state index contributed by atoms with van der Waals surface area (Å²) < 4.78 is 30.4. The summed E-state index contributed by atoms with van der Waals surface area (Å²) in [7, 11) is -1.76. The minimum absolute atomic E-state index is 0.0126. The van der Waals surface area contributed by atoms with Crippen molar-refractivity contribution >= 4 is 21.9 Å².